The minimum absolute atomic E-state index is 0.243. The Morgan fingerprint density at radius 3 is 2.71 bits per heavy atom. The van der Waals surface area contributed by atoms with Crippen LogP contribution in [0.5, 0.6) is 5.75 Å². The Balaban J connectivity index is 2.84. The van der Waals surface area contributed by atoms with Gasteiger partial charge in [-0.1, -0.05) is 12.1 Å². The number of nitrogens with one attached hydrogen (secondary N) is 1. The van der Waals surface area contributed by atoms with Crippen molar-refractivity contribution >= 4 is 0 Å². The quantitative estimate of drug-likeness (QED) is 0.807. The molecule has 0 aliphatic heterocycles. The second kappa shape index (κ2) is 4.91. The Morgan fingerprint density at radius 1 is 1.43 bits per heavy atom. The van der Waals surface area contributed by atoms with Crippen LogP contribution in [0.4, 0.5) is 8.78 Å². The number of rotatable bonds is 4. The molecule has 0 amide bonds. The van der Waals surface area contributed by atoms with Crippen LogP contribution in [-0.2, 0) is 6.54 Å². The van der Waals surface area contributed by atoms with Gasteiger partial charge in [0.2, 0.25) is 0 Å². The van der Waals surface area contributed by atoms with E-state index in [1.807, 2.05) is 6.07 Å². The predicted molar refractivity (Wildman–Crippen MR) is 50.6 cm³/mol. The summed E-state index contributed by atoms with van der Waals surface area (Å²) in [7, 11) is 1.80. The number of halogens is 2. The van der Waals surface area contributed by atoms with Crippen molar-refractivity contribution in [2.45, 2.75) is 20.1 Å². The van der Waals surface area contributed by atoms with Gasteiger partial charge in [0.15, 0.2) is 0 Å². The third kappa shape index (κ3) is 2.96. The monoisotopic (exact) mass is 201 g/mol. The molecule has 0 atom stereocenters. The Morgan fingerprint density at radius 2 is 2.14 bits per heavy atom. The summed E-state index contributed by atoms with van der Waals surface area (Å²) < 4.78 is 28.3. The fourth-order valence-corrected chi connectivity index (χ4v) is 1.18. The van der Waals surface area contributed by atoms with Crippen molar-refractivity contribution in [3.05, 3.63) is 29.3 Å². The van der Waals surface area contributed by atoms with E-state index >= 15 is 0 Å². The lowest BCUT2D eigenvalue weighted by molar-refractivity contribution is -0.0503. The Kier molecular flexibility index (Phi) is 3.83. The molecule has 1 N–H and O–H groups in total. The van der Waals surface area contributed by atoms with Gasteiger partial charge in [-0.25, -0.2) is 0 Å². The van der Waals surface area contributed by atoms with Crippen molar-refractivity contribution in [3.63, 3.8) is 0 Å². The van der Waals surface area contributed by atoms with Crippen molar-refractivity contribution in [1.29, 1.82) is 0 Å². The first-order valence-electron chi connectivity index (χ1n) is 4.32. The summed E-state index contributed by atoms with van der Waals surface area (Å²) in [6.07, 6.45) is 0. The van der Waals surface area contributed by atoms with Crippen molar-refractivity contribution in [3.8, 4) is 5.75 Å². The van der Waals surface area contributed by atoms with Gasteiger partial charge in [0.1, 0.15) is 5.75 Å². The number of benzene rings is 1. The van der Waals surface area contributed by atoms with Crippen LogP contribution >= 0.6 is 0 Å². The molecule has 0 aromatic heterocycles. The van der Waals surface area contributed by atoms with E-state index in [2.05, 4.69) is 10.1 Å². The highest BCUT2D eigenvalue weighted by molar-refractivity contribution is 5.36. The lowest BCUT2D eigenvalue weighted by atomic mass is 10.1. The van der Waals surface area contributed by atoms with Crippen molar-refractivity contribution < 1.29 is 13.5 Å². The maximum atomic E-state index is 12.0. The second-order valence-corrected chi connectivity index (χ2v) is 3.01. The molecule has 0 saturated carbocycles. The van der Waals surface area contributed by atoms with E-state index in [1.165, 1.54) is 0 Å². The highest BCUT2D eigenvalue weighted by Gasteiger charge is 2.07. The summed E-state index contributed by atoms with van der Waals surface area (Å²) in [6, 6.07) is 5.27. The minimum atomic E-state index is -2.77. The van der Waals surface area contributed by atoms with Gasteiger partial charge in [0.25, 0.3) is 0 Å². The minimum Gasteiger partial charge on any atom is -0.435 e. The van der Waals surface area contributed by atoms with E-state index in [1.54, 1.807) is 26.1 Å². The number of aryl methyl sites for hydroxylation is 1. The van der Waals surface area contributed by atoms with Crippen LogP contribution in [0, 0.1) is 6.92 Å². The smallest absolute Gasteiger partial charge is 0.387 e. The second-order valence-electron chi connectivity index (χ2n) is 3.01. The average molecular weight is 201 g/mol. The third-order valence-corrected chi connectivity index (χ3v) is 1.85. The largest absolute Gasteiger partial charge is 0.435 e. The molecule has 1 rings (SSSR count). The molecular weight excluding hydrogens is 188 g/mol. The molecule has 78 valence electrons. The highest BCUT2D eigenvalue weighted by atomic mass is 19.3. The molecule has 0 radical (unpaired) electrons. The maximum absolute atomic E-state index is 12.0. The van der Waals surface area contributed by atoms with Gasteiger partial charge in [-0.15, -0.1) is 0 Å². The van der Waals surface area contributed by atoms with E-state index in [0.29, 0.717) is 12.1 Å². The van der Waals surface area contributed by atoms with Crippen molar-refractivity contribution in [2.75, 3.05) is 7.05 Å². The Labute approximate surface area is 81.9 Å². The van der Waals surface area contributed by atoms with Gasteiger partial charge in [-0.3, -0.25) is 0 Å². The molecule has 14 heavy (non-hydrogen) atoms. The molecule has 1 aromatic rings. The molecule has 0 aliphatic carbocycles. The van der Waals surface area contributed by atoms with Gasteiger partial charge in [-0.05, 0) is 31.2 Å². The molecule has 0 unspecified atom stereocenters. The SMILES string of the molecule is CNCc1ccc(C)c(OC(F)F)c1. The zero-order valence-electron chi connectivity index (χ0n) is 8.18. The average Bonchev–Trinajstić information content (AvgIpc) is 2.10. The van der Waals surface area contributed by atoms with Crippen LogP contribution < -0.4 is 10.1 Å². The van der Waals surface area contributed by atoms with Gasteiger partial charge in [0, 0.05) is 6.54 Å². The molecule has 4 heteroatoms. The summed E-state index contributed by atoms with van der Waals surface area (Å²) in [5, 5.41) is 2.94. The number of hydrogen-bond donors (Lipinski definition) is 1. The van der Waals surface area contributed by atoms with Crippen LogP contribution in [0.1, 0.15) is 11.1 Å². The van der Waals surface area contributed by atoms with E-state index in [4.69, 9.17) is 0 Å². The summed E-state index contributed by atoms with van der Waals surface area (Å²) >= 11 is 0. The van der Waals surface area contributed by atoms with Crippen LogP contribution in [0.3, 0.4) is 0 Å². The van der Waals surface area contributed by atoms with E-state index in [9.17, 15) is 8.78 Å². The fraction of sp³-hybridized carbons (Fsp3) is 0.400. The first kappa shape index (κ1) is 10.9. The Hall–Kier alpha value is -1.16. The third-order valence-electron chi connectivity index (χ3n) is 1.85. The molecule has 2 nitrogen and oxygen atoms in total. The Bertz CT molecular complexity index is 302. The molecule has 1 aromatic carbocycles. The standard InChI is InChI=1S/C10H13F2NO/c1-7-3-4-8(6-13-2)5-9(7)14-10(11)12/h3-5,10,13H,6H2,1-2H3. The molecule has 0 bridgehead atoms. The number of alkyl halides is 2. The molecule has 0 aliphatic rings. The first-order chi connectivity index (χ1) is 6.63. The molecule has 0 fully saturated rings. The van der Waals surface area contributed by atoms with E-state index in [0.717, 1.165) is 5.56 Å². The fourth-order valence-electron chi connectivity index (χ4n) is 1.18. The predicted octanol–water partition coefficient (Wildman–Crippen LogP) is 2.32. The molecular formula is C10H13F2NO. The van der Waals surface area contributed by atoms with Gasteiger partial charge in [0.05, 0.1) is 0 Å². The lowest BCUT2D eigenvalue weighted by Crippen LogP contribution is -2.07. The molecule has 0 spiro atoms. The summed E-state index contributed by atoms with van der Waals surface area (Å²) in [6.45, 7) is -0.390. The first-order valence-corrected chi connectivity index (χ1v) is 4.32. The summed E-state index contributed by atoms with van der Waals surface area (Å²) in [4.78, 5) is 0. The topological polar surface area (TPSA) is 21.3 Å². The maximum Gasteiger partial charge on any atom is 0.387 e. The van der Waals surface area contributed by atoms with Crippen molar-refractivity contribution in [2.24, 2.45) is 0 Å². The van der Waals surface area contributed by atoms with Gasteiger partial charge < -0.3 is 10.1 Å². The van der Waals surface area contributed by atoms with Crippen LogP contribution in [0.25, 0.3) is 0 Å². The zero-order valence-corrected chi connectivity index (χ0v) is 8.18. The van der Waals surface area contributed by atoms with Crippen LogP contribution in [-0.4, -0.2) is 13.7 Å². The van der Waals surface area contributed by atoms with Crippen LogP contribution in [0.2, 0.25) is 0 Å². The normalized spacial score (nSPS) is 10.6. The number of hydrogen-bond acceptors (Lipinski definition) is 2. The molecule has 0 heterocycles. The summed E-state index contributed by atoms with van der Waals surface area (Å²) in [5.74, 6) is 0.243. The summed E-state index contributed by atoms with van der Waals surface area (Å²) in [5.41, 5.74) is 1.64. The van der Waals surface area contributed by atoms with E-state index < -0.39 is 6.61 Å². The van der Waals surface area contributed by atoms with Gasteiger partial charge in [-0.2, -0.15) is 8.78 Å². The van der Waals surface area contributed by atoms with E-state index in [-0.39, 0.29) is 5.75 Å². The lowest BCUT2D eigenvalue weighted by Gasteiger charge is -2.09. The zero-order chi connectivity index (χ0) is 10.6. The molecule has 0 saturated heterocycles. The van der Waals surface area contributed by atoms with Gasteiger partial charge >= 0.3 is 6.61 Å². The van der Waals surface area contributed by atoms with Crippen LogP contribution in [0.15, 0.2) is 18.2 Å². The van der Waals surface area contributed by atoms with Crippen molar-refractivity contribution in [1.82, 2.24) is 5.32 Å². The highest BCUT2D eigenvalue weighted by Crippen LogP contribution is 2.21. The number of ether oxygens (including phenoxy) is 1.